The molecule has 7 heteroatoms. The smallest absolute Gasteiger partial charge is 0.338 e. The first-order chi connectivity index (χ1) is 17.4. The summed E-state index contributed by atoms with van der Waals surface area (Å²) in [6, 6.07) is 17.1. The van der Waals surface area contributed by atoms with Crippen LogP contribution in [-0.2, 0) is 18.2 Å². The van der Waals surface area contributed by atoms with Crippen molar-refractivity contribution < 1.29 is 19.1 Å². The molecule has 0 aliphatic heterocycles. The summed E-state index contributed by atoms with van der Waals surface area (Å²) in [4.78, 5) is 25.1. The zero-order valence-electron chi connectivity index (χ0n) is 21.3. The van der Waals surface area contributed by atoms with E-state index < -0.39 is 12.1 Å². The number of aromatic nitrogens is 1. The second-order valence-electron chi connectivity index (χ2n) is 9.02. The van der Waals surface area contributed by atoms with Crippen LogP contribution in [0.3, 0.4) is 0 Å². The minimum atomic E-state index is -0.444. The highest BCUT2D eigenvalue weighted by molar-refractivity contribution is 6.20. The Hall–Kier alpha value is -3.84. The van der Waals surface area contributed by atoms with Gasteiger partial charge in [-0.25, -0.2) is 10.6 Å². The highest BCUT2D eigenvalue weighted by Gasteiger charge is 2.23. The molecule has 3 N–H and O–H groups in total. The Balaban J connectivity index is 1.92. The van der Waals surface area contributed by atoms with Crippen molar-refractivity contribution in [3.63, 3.8) is 0 Å². The van der Waals surface area contributed by atoms with Crippen molar-refractivity contribution in [1.29, 1.82) is 0 Å². The van der Waals surface area contributed by atoms with Gasteiger partial charge in [0.15, 0.2) is 0 Å². The zero-order chi connectivity index (χ0) is 25.8. The van der Waals surface area contributed by atoms with Crippen LogP contribution < -0.4 is 16.0 Å². The molecule has 0 fully saturated rings. The summed E-state index contributed by atoms with van der Waals surface area (Å²) >= 11 is 0. The Morgan fingerprint density at radius 3 is 2.47 bits per heavy atom. The number of methoxy groups -OCH3 is 1. The van der Waals surface area contributed by atoms with Crippen molar-refractivity contribution in [2.75, 3.05) is 7.11 Å². The quantitative estimate of drug-likeness (QED) is 0.105. The number of nitrogens with one attached hydrogen (secondary N) is 1. The van der Waals surface area contributed by atoms with Gasteiger partial charge < -0.3 is 14.0 Å². The number of esters is 1. The van der Waals surface area contributed by atoms with Crippen molar-refractivity contribution in [2.45, 2.75) is 45.6 Å². The number of carbonyl (C=O) groups is 2. The zero-order valence-corrected chi connectivity index (χ0v) is 21.3. The lowest BCUT2D eigenvalue weighted by molar-refractivity contribution is 0.0595. The average molecular weight is 488 g/mol. The number of hydrogen-bond donors (Lipinski definition) is 2. The molecule has 4 rings (SSSR count). The van der Waals surface area contributed by atoms with E-state index in [1.54, 1.807) is 18.2 Å². The number of aryl methyl sites for hydroxylation is 2. The molecule has 0 bridgehead atoms. The van der Waals surface area contributed by atoms with Crippen LogP contribution in [0, 0.1) is 0 Å². The van der Waals surface area contributed by atoms with Crippen LogP contribution in [0.5, 0.6) is 5.75 Å². The van der Waals surface area contributed by atoms with Gasteiger partial charge in [-0.3, -0.25) is 10.2 Å². The van der Waals surface area contributed by atoms with E-state index in [9.17, 15) is 9.59 Å². The largest absolute Gasteiger partial charge is 0.485 e. The molecule has 7 nitrogen and oxygen atoms in total. The lowest BCUT2D eigenvalue weighted by Crippen LogP contribution is -2.30. The fraction of sp³-hybridized carbons (Fsp3) is 0.310. The van der Waals surface area contributed by atoms with Crippen molar-refractivity contribution in [3.8, 4) is 5.75 Å². The van der Waals surface area contributed by atoms with Gasteiger partial charge in [0.2, 0.25) is 0 Å². The topological polar surface area (TPSA) is 95.6 Å². The van der Waals surface area contributed by atoms with Gasteiger partial charge in [-0.2, -0.15) is 0 Å². The molecule has 3 aromatic carbocycles. The van der Waals surface area contributed by atoms with Gasteiger partial charge in [0.25, 0.3) is 5.91 Å². The maximum atomic E-state index is 12.7. The van der Waals surface area contributed by atoms with Gasteiger partial charge in [-0.15, -0.1) is 0 Å². The van der Waals surface area contributed by atoms with Gasteiger partial charge >= 0.3 is 5.97 Å². The van der Waals surface area contributed by atoms with Gasteiger partial charge in [0.1, 0.15) is 11.9 Å². The third kappa shape index (κ3) is 4.66. The molecular formula is C29H33N3O4. The van der Waals surface area contributed by atoms with Crippen LogP contribution in [0.1, 0.15) is 71.1 Å². The van der Waals surface area contributed by atoms with E-state index in [-0.39, 0.29) is 5.91 Å². The molecule has 36 heavy (non-hydrogen) atoms. The summed E-state index contributed by atoms with van der Waals surface area (Å²) < 4.78 is 13.7. The SMILES string of the molecule is CCCCCc1cc(OC(C)c2ccccc2C(=O)OC)c2c3c(C(=O)NN)cccc3n(C)c2c1. The minimum Gasteiger partial charge on any atom is -0.485 e. The Labute approximate surface area is 211 Å². The molecular weight excluding hydrogens is 454 g/mol. The van der Waals surface area contributed by atoms with Gasteiger partial charge in [-0.05, 0) is 55.7 Å². The molecule has 0 aliphatic carbocycles. The van der Waals surface area contributed by atoms with E-state index in [1.807, 2.05) is 38.2 Å². The third-order valence-electron chi connectivity index (χ3n) is 6.71. The molecule has 188 valence electrons. The Bertz CT molecular complexity index is 1420. The number of hydrogen-bond acceptors (Lipinski definition) is 5. The number of nitrogens with two attached hydrogens (primary N) is 1. The first-order valence-corrected chi connectivity index (χ1v) is 12.3. The Morgan fingerprint density at radius 2 is 1.75 bits per heavy atom. The van der Waals surface area contributed by atoms with E-state index in [2.05, 4.69) is 29.0 Å². The number of amides is 1. The van der Waals surface area contributed by atoms with Crippen LogP contribution >= 0.6 is 0 Å². The molecule has 4 aromatic rings. The fourth-order valence-electron chi connectivity index (χ4n) is 4.87. The third-order valence-corrected chi connectivity index (χ3v) is 6.71. The second kappa shape index (κ2) is 10.8. The van der Waals surface area contributed by atoms with Crippen LogP contribution in [0.4, 0.5) is 0 Å². The number of rotatable bonds is 9. The summed E-state index contributed by atoms with van der Waals surface area (Å²) in [6.45, 7) is 4.10. The molecule has 1 amide bonds. The number of fused-ring (bicyclic) bond motifs is 3. The molecule has 1 aromatic heterocycles. The summed E-state index contributed by atoms with van der Waals surface area (Å²) in [7, 11) is 3.36. The lowest BCUT2D eigenvalue weighted by atomic mass is 10.0. The Kier molecular flexibility index (Phi) is 7.60. The van der Waals surface area contributed by atoms with Gasteiger partial charge in [-0.1, -0.05) is 44.0 Å². The number of benzene rings is 3. The van der Waals surface area contributed by atoms with E-state index in [1.165, 1.54) is 7.11 Å². The standard InChI is InChI=1S/C29H33N3O4/c1-5-6-7-11-19-16-24-27(26-22(28(33)31-30)14-10-15-23(26)32(24)3)25(17-19)36-18(2)20-12-8-9-13-21(20)29(34)35-4/h8-10,12-18H,5-7,11,30H2,1-4H3,(H,31,33). The summed E-state index contributed by atoms with van der Waals surface area (Å²) in [5, 5.41) is 1.62. The monoisotopic (exact) mass is 487 g/mol. The summed E-state index contributed by atoms with van der Waals surface area (Å²) in [5.41, 5.74) is 6.98. The summed E-state index contributed by atoms with van der Waals surface area (Å²) in [5.74, 6) is 5.39. The van der Waals surface area contributed by atoms with E-state index >= 15 is 0 Å². The highest BCUT2D eigenvalue weighted by atomic mass is 16.5. The van der Waals surface area contributed by atoms with Gasteiger partial charge in [0.05, 0.1) is 29.1 Å². The summed E-state index contributed by atoms with van der Waals surface area (Å²) in [6.07, 6.45) is 3.84. The maximum Gasteiger partial charge on any atom is 0.338 e. The first kappa shape index (κ1) is 25.3. The van der Waals surface area contributed by atoms with Crippen molar-refractivity contribution >= 4 is 33.7 Å². The molecule has 0 spiro atoms. The molecule has 0 saturated carbocycles. The minimum absolute atomic E-state index is 0.366. The molecule has 1 heterocycles. The predicted molar refractivity (Wildman–Crippen MR) is 142 cm³/mol. The molecule has 1 unspecified atom stereocenters. The van der Waals surface area contributed by atoms with Crippen molar-refractivity contribution in [2.24, 2.45) is 12.9 Å². The predicted octanol–water partition coefficient (Wildman–Crippen LogP) is 5.59. The first-order valence-electron chi connectivity index (χ1n) is 12.3. The lowest BCUT2D eigenvalue weighted by Gasteiger charge is -2.19. The molecule has 0 saturated heterocycles. The Morgan fingerprint density at radius 1 is 1.00 bits per heavy atom. The number of nitrogen functional groups attached to an aromatic ring is 1. The molecule has 0 aliphatic rings. The second-order valence-corrected chi connectivity index (χ2v) is 9.02. The fourth-order valence-corrected chi connectivity index (χ4v) is 4.87. The van der Waals surface area contributed by atoms with Crippen molar-refractivity contribution in [1.82, 2.24) is 9.99 Å². The normalized spacial score (nSPS) is 12.0. The van der Waals surface area contributed by atoms with E-state index in [0.29, 0.717) is 16.9 Å². The van der Waals surface area contributed by atoms with Gasteiger partial charge in [0, 0.05) is 23.5 Å². The number of nitrogens with zero attached hydrogens (tertiary/aromatic N) is 1. The number of ether oxygens (including phenoxy) is 2. The van der Waals surface area contributed by atoms with Crippen LogP contribution in [0.2, 0.25) is 0 Å². The average Bonchev–Trinajstić information content (AvgIpc) is 3.20. The van der Waals surface area contributed by atoms with Crippen molar-refractivity contribution in [3.05, 3.63) is 76.9 Å². The van der Waals surface area contributed by atoms with E-state index in [0.717, 1.165) is 58.6 Å². The number of carbonyl (C=O) groups excluding carboxylic acids is 2. The van der Waals surface area contributed by atoms with E-state index in [4.69, 9.17) is 15.3 Å². The van der Waals surface area contributed by atoms with Crippen LogP contribution in [-0.4, -0.2) is 23.6 Å². The maximum absolute atomic E-state index is 12.7. The van der Waals surface area contributed by atoms with Crippen LogP contribution in [0.15, 0.2) is 54.6 Å². The highest BCUT2D eigenvalue weighted by Crippen LogP contribution is 2.40. The molecule has 0 radical (unpaired) electrons. The van der Waals surface area contributed by atoms with Crippen LogP contribution in [0.25, 0.3) is 21.8 Å². The number of hydrazine groups is 1. The number of unbranched alkanes of at least 4 members (excludes halogenated alkanes) is 2. The molecule has 1 atom stereocenters.